The molecule has 2 N–H and O–H groups in total. The van der Waals surface area contributed by atoms with Gasteiger partial charge in [-0.25, -0.2) is 4.98 Å². The van der Waals surface area contributed by atoms with Crippen molar-refractivity contribution in [2.45, 2.75) is 44.9 Å². The van der Waals surface area contributed by atoms with Gasteiger partial charge in [-0.2, -0.15) is 0 Å². The molecule has 0 fully saturated rings. The van der Waals surface area contributed by atoms with Crippen LogP contribution in [0.15, 0.2) is 46.3 Å². The van der Waals surface area contributed by atoms with Crippen LogP contribution >= 0.6 is 11.8 Å². The molecule has 2 aromatic heterocycles. The van der Waals surface area contributed by atoms with Gasteiger partial charge in [0.2, 0.25) is 5.91 Å². The number of aryl methyl sites for hydroxylation is 1. The summed E-state index contributed by atoms with van der Waals surface area (Å²) in [5.41, 5.74) is 3.02. The van der Waals surface area contributed by atoms with E-state index < -0.39 is 0 Å². The Hall–Kier alpha value is -2.54. The highest BCUT2D eigenvalue weighted by atomic mass is 32.2. The number of amides is 1. The van der Waals surface area contributed by atoms with Crippen LogP contribution in [0.3, 0.4) is 0 Å². The van der Waals surface area contributed by atoms with Gasteiger partial charge in [0.1, 0.15) is 5.52 Å². The first-order valence-electron chi connectivity index (χ1n) is 9.05. The average Bonchev–Trinajstić information content (AvgIpc) is 3.05. The number of fused-ring (bicyclic) bond motifs is 1. The van der Waals surface area contributed by atoms with Gasteiger partial charge in [0.05, 0.1) is 11.3 Å². The van der Waals surface area contributed by atoms with Gasteiger partial charge in [-0.1, -0.05) is 49.0 Å². The number of carbonyl (C=O) groups excluding carboxylic acids is 1. The lowest BCUT2D eigenvalue weighted by Crippen LogP contribution is -2.28. The smallest absolute Gasteiger partial charge is 0.278 e. The summed E-state index contributed by atoms with van der Waals surface area (Å²) < 4.78 is 1.69. The fourth-order valence-corrected chi connectivity index (χ4v) is 3.77. The number of nitrogens with zero attached hydrogens (tertiary/aromatic N) is 2. The molecule has 1 atom stereocenters. The summed E-state index contributed by atoms with van der Waals surface area (Å²) in [5, 5.41) is 3.49. The molecule has 27 heavy (non-hydrogen) atoms. The van der Waals surface area contributed by atoms with Crippen molar-refractivity contribution in [2.24, 2.45) is 0 Å². The molecule has 1 amide bonds. The van der Waals surface area contributed by atoms with Gasteiger partial charge in [0, 0.05) is 18.3 Å². The van der Waals surface area contributed by atoms with Crippen LogP contribution in [0.25, 0.3) is 11.0 Å². The van der Waals surface area contributed by atoms with E-state index in [0.717, 1.165) is 17.7 Å². The van der Waals surface area contributed by atoms with E-state index in [1.165, 1.54) is 11.8 Å². The molecule has 0 radical (unpaired) electrons. The Kier molecular flexibility index (Phi) is 6.01. The lowest BCUT2D eigenvalue weighted by Gasteiger charge is -2.17. The van der Waals surface area contributed by atoms with Crippen LogP contribution in [0.4, 0.5) is 0 Å². The molecule has 142 valence electrons. The van der Waals surface area contributed by atoms with E-state index in [1.54, 1.807) is 4.57 Å². The molecule has 2 heterocycles. The zero-order valence-corrected chi connectivity index (χ0v) is 16.6. The SMILES string of the molecule is CC[C@@H](C)n1c(SCC(=O)NCc2ccccc2)nc2cc(C)[nH]c2c1=O. The highest BCUT2D eigenvalue weighted by Gasteiger charge is 2.17. The van der Waals surface area contributed by atoms with Crippen LogP contribution in [-0.2, 0) is 11.3 Å². The summed E-state index contributed by atoms with van der Waals surface area (Å²) in [6, 6.07) is 11.6. The van der Waals surface area contributed by atoms with Gasteiger partial charge in [-0.3, -0.25) is 14.2 Å². The average molecular weight is 385 g/mol. The van der Waals surface area contributed by atoms with Crippen molar-refractivity contribution in [2.75, 3.05) is 5.75 Å². The second-order valence-corrected chi connectivity index (χ2v) is 7.53. The summed E-state index contributed by atoms with van der Waals surface area (Å²) in [6.45, 7) is 6.41. The molecular formula is C20H24N4O2S. The molecule has 3 rings (SSSR count). The number of thioether (sulfide) groups is 1. The van der Waals surface area contributed by atoms with Gasteiger partial charge >= 0.3 is 0 Å². The molecule has 1 aromatic carbocycles. The lowest BCUT2D eigenvalue weighted by molar-refractivity contribution is -0.118. The summed E-state index contributed by atoms with van der Waals surface area (Å²) in [4.78, 5) is 32.9. The highest BCUT2D eigenvalue weighted by Crippen LogP contribution is 2.22. The van der Waals surface area contributed by atoms with Crippen molar-refractivity contribution in [1.82, 2.24) is 19.9 Å². The third-order valence-electron chi connectivity index (χ3n) is 4.48. The van der Waals surface area contributed by atoms with Gasteiger partial charge < -0.3 is 10.3 Å². The van der Waals surface area contributed by atoms with E-state index in [4.69, 9.17) is 0 Å². The van der Waals surface area contributed by atoms with Crippen LogP contribution in [0.2, 0.25) is 0 Å². The summed E-state index contributed by atoms with van der Waals surface area (Å²) in [7, 11) is 0. The Morgan fingerprint density at radius 2 is 2.07 bits per heavy atom. The number of aromatic amines is 1. The summed E-state index contributed by atoms with van der Waals surface area (Å²) in [6.07, 6.45) is 0.806. The minimum Gasteiger partial charge on any atom is -0.353 e. The summed E-state index contributed by atoms with van der Waals surface area (Å²) >= 11 is 1.30. The standard InChI is InChI=1S/C20H24N4O2S/c1-4-14(3)24-19(26)18-16(10-13(2)22-18)23-20(24)27-12-17(25)21-11-15-8-6-5-7-9-15/h5-10,14,22H,4,11-12H2,1-3H3,(H,21,25)/t14-/m1/s1. The zero-order chi connectivity index (χ0) is 19.4. The molecule has 0 aliphatic rings. The first-order valence-corrected chi connectivity index (χ1v) is 10.0. The third-order valence-corrected chi connectivity index (χ3v) is 5.44. The van der Waals surface area contributed by atoms with Crippen molar-refractivity contribution < 1.29 is 4.79 Å². The Morgan fingerprint density at radius 1 is 1.33 bits per heavy atom. The molecule has 0 saturated heterocycles. The van der Waals surface area contributed by atoms with E-state index in [0.29, 0.717) is 22.7 Å². The number of nitrogens with one attached hydrogen (secondary N) is 2. The second kappa shape index (κ2) is 8.43. The number of carbonyl (C=O) groups is 1. The van der Waals surface area contributed by atoms with Crippen molar-refractivity contribution in [3.05, 3.63) is 58.0 Å². The Balaban J connectivity index is 1.77. The second-order valence-electron chi connectivity index (χ2n) is 6.59. The molecule has 0 bridgehead atoms. The molecule has 3 aromatic rings. The fourth-order valence-electron chi connectivity index (χ4n) is 2.84. The number of hydrogen-bond donors (Lipinski definition) is 2. The quantitative estimate of drug-likeness (QED) is 0.483. The Labute approximate surface area is 162 Å². The Morgan fingerprint density at radius 3 is 2.78 bits per heavy atom. The Bertz CT molecular complexity index is 994. The van der Waals surface area contributed by atoms with Crippen molar-refractivity contribution in [3.63, 3.8) is 0 Å². The van der Waals surface area contributed by atoms with Crippen molar-refractivity contribution >= 4 is 28.7 Å². The zero-order valence-electron chi connectivity index (χ0n) is 15.8. The number of hydrogen-bond acceptors (Lipinski definition) is 4. The van der Waals surface area contributed by atoms with Crippen molar-refractivity contribution in [3.8, 4) is 0 Å². The van der Waals surface area contributed by atoms with E-state index in [9.17, 15) is 9.59 Å². The predicted octanol–water partition coefficient (Wildman–Crippen LogP) is 3.41. The number of rotatable bonds is 7. The van der Waals surface area contributed by atoms with E-state index in [1.807, 2.05) is 57.2 Å². The van der Waals surface area contributed by atoms with Crippen LogP contribution < -0.4 is 10.9 Å². The van der Waals surface area contributed by atoms with Crippen LogP contribution in [0, 0.1) is 6.92 Å². The maximum atomic E-state index is 12.9. The third kappa shape index (κ3) is 4.42. The highest BCUT2D eigenvalue weighted by molar-refractivity contribution is 7.99. The minimum atomic E-state index is -0.0883. The molecule has 0 saturated carbocycles. The molecule has 0 unspecified atom stereocenters. The monoisotopic (exact) mass is 384 g/mol. The molecule has 0 aliphatic carbocycles. The van der Waals surface area contributed by atoms with Gasteiger partial charge in [-0.05, 0) is 31.9 Å². The topological polar surface area (TPSA) is 79.8 Å². The van der Waals surface area contributed by atoms with Gasteiger partial charge in [-0.15, -0.1) is 0 Å². The first-order chi connectivity index (χ1) is 13.0. The number of H-pyrrole nitrogens is 1. The predicted molar refractivity (Wildman–Crippen MR) is 109 cm³/mol. The van der Waals surface area contributed by atoms with Gasteiger partial charge in [0.15, 0.2) is 5.16 Å². The van der Waals surface area contributed by atoms with E-state index >= 15 is 0 Å². The summed E-state index contributed by atoms with van der Waals surface area (Å²) in [5.74, 6) is 0.129. The molecular weight excluding hydrogens is 360 g/mol. The minimum absolute atomic E-state index is 0.00730. The lowest BCUT2D eigenvalue weighted by atomic mass is 10.2. The fraction of sp³-hybridized carbons (Fsp3) is 0.350. The maximum absolute atomic E-state index is 12.9. The van der Waals surface area contributed by atoms with Crippen LogP contribution in [0.5, 0.6) is 0 Å². The van der Waals surface area contributed by atoms with Crippen LogP contribution in [-0.4, -0.2) is 26.2 Å². The maximum Gasteiger partial charge on any atom is 0.278 e. The largest absolute Gasteiger partial charge is 0.353 e. The first kappa shape index (κ1) is 19.2. The molecule has 0 spiro atoms. The molecule has 0 aliphatic heterocycles. The van der Waals surface area contributed by atoms with Gasteiger partial charge in [0.25, 0.3) is 5.56 Å². The van der Waals surface area contributed by atoms with E-state index in [-0.39, 0.29) is 23.3 Å². The van der Waals surface area contributed by atoms with E-state index in [2.05, 4.69) is 15.3 Å². The molecule has 6 nitrogen and oxygen atoms in total. The normalized spacial score (nSPS) is 12.3. The molecule has 7 heteroatoms. The number of benzene rings is 1. The number of aromatic nitrogens is 3. The van der Waals surface area contributed by atoms with Crippen molar-refractivity contribution in [1.29, 1.82) is 0 Å². The van der Waals surface area contributed by atoms with Crippen LogP contribution in [0.1, 0.15) is 37.6 Å².